The molecule has 0 aromatic carbocycles. The smallest absolute Gasteiger partial charge is 0.256 e. The zero-order chi connectivity index (χ0) is 30.1. The van der Waals surface area contributed by atoms with Crippen LogP contribution in [-0.4, -0.2) is 69.7 Å². The summed E-state index contributed by atoms with van der Waals surface area (Å²) in [5, 5.41) is 35.6. The van der Waals surface area contributed by atoms with E-state index in [0.29, 0.717) is 12.0 Å². The lowest BCUT2D eigenvalue weighted by Gasteiger charge is -2.31. The molecule has 6 unspecified atom stereocenters. The van der Waals surface area contributed by atoms with Crippen LogP contribution in [0, 0.1) is 17.8 Å². The second kappa shape index (κ2) is 19.0. The molecule has 0 aliphatic carbocycles. The van der Waals surface area contributed by atoms with Crippen molar-refractivity contribution in [2.45, 2.75) is 77.7 Å². The number of aliphatic hydroxyl groups is 3. The van der Waals surface area contributed by atoms with Crippen molar-refractivity contribution in [3.63, 3.8) is 0 Å². The number of hydrogen-bond acceptors (Lipinski definition) is 8. The number of Topliss-reactive ketones (excluding diaryl/α,β-unsaturated/α-hetero) is 1. The van der Waals surface area contributed by atoms with E-state index in [1.807, 2.05) is 5.43 Å². The number of aliphatic hydroxyl groups excluding tert-OH is 3. The predicted molar refractivity (Wildman–Crippen MR) is 150 cm³/mol. The Balaban J connectivity index is 5.80. The van der Waals surface area contributed by atoms with Crippen molar-refractivity contribution in [3.05, 3.63) is 49.1 Å². The Morgan fingerprint density at radius 3 is 2.15 bits per heavy atom. The van der Waals surface area contributed by atoms with Crippen molar-refractivity contribution in [1.29, 1.82) is 0 Å². The lowest BCUT2D eigenvalue weighted by Crippen LogP contribution is -2.57. The van der Waals surface area contributed by atoms with Gasteiger partial charge in [-0.1, -0.05) is 69.9 Å². The van der Waals surface area contributed by atoms with Crippen LogP contribution in [0.5, 0.6) is 0 Å². The summed E-state index contributed by atoms with van der Waals surface area (Å²) in [6.07, 6.45) is 5.90. The van der Waals surface area contributed by atoms with Gasteiger partial charge in [-0.15, -0.1) is 0 Å². The van der Waals surface area contributed by atoms with E-state index in [0.717, 1.165) is 0 Å². The minimum absolute atomic E-state index is 0.00328. The maximum absolute atomic E-state index is 13.4. The van der Waals surface area contributed by atoms with E-state index in [1.165, 1.54) is 19.1 Å². The second-order valence-corrected chi connectivity index (χ2v) is 9.88. The Labute approximate surface area is 231 Å². The molecule has 0 rings (SSSR count). The van der Waals surface area contributed by atoms with Crippen molar-refractivity contribution in [3.8, 4) is 0 Å². The molecule has 0 fully saturated rings. The highest BCUT2D eigenvalue weighted by Gasteiger charge is 2.36. The molecular weight excluding hydrogens is 504 g/mol. The first-order chi connectivity index (χ1) is 18.3. The van der Waals surface area contributed by atoms with Crippen molar-refractivity contribution in [1.82, 2.24) is 16.1 Å². The number of hydrazine groups is 1. The highest BCUT2D eigenvalue weighted by Crippen LogP contribution is 2.23. The number of amides is 3. The van der Waals surface area contributed by atoms with Crippen molar-refractivity contribution < 1.29 is 34.5 Å². The van der Waals surface area contributed by atoms with Gasteiger partial charge in [0.15, 0.2) is 0 Å². The van der Waals surface area contributed by atoms with Gasteiger partial charge in [0.1, 0.15) is 17.9 Å². The summed E-state index contributed by atoms with van der Waals surface area (Å²) in [7, 11) is 0. The molecule has 0 heterocycles. The first-order valence-corrected chi connectivity index (χ1v) is 13.0. The van der Waals surface area contributed by atoms with Crippen LogP contribution in [0.25, 0.3) is 0 Å². The number of carbonyl (C=O) groups excluding carboxylic acids is 4. The number of rotatable bonds is 19. The average molecular weight is 551 g/mol. The molecule has 11 nitrogen and oxygen atoms in total. The Hall–Kier alpha value is -3.12. The molecule has 0 saturated carbocycles. The van der Waals surface area contributed by atoms with Gasteiger partial charge in [0.2, 0.25) is 11.8 Å². The summed E-state index contributed by atoms with van der Waals surface area (Å²) in [5.74, 6) is 0.805. The Kier molecular flexibility index (Phi) is 17.5. The predicted octanol–water partition coefficient (Wildman–Crippen LogP) is 0.572. The van der Waals surface area contributed by atoms with Crippen molar-refractivity contribution in [2.24, 2.45) is 23.6 Å². The fourth-order valence-corrected chi connectivity index (χ4v) is 3.70. The Morgan fingerprint density at radius 2 is 1.64 bits per heavy atom. The number of allylic oxidation sites excluding steroid dienone is 3. The summed E-state index contributed by atoms with van der Waals surface area (Å²) < 4.78 is 0. The van der Waals surface area contributed by atoms with Gasteiger partial charge in [-0.05, 0) is 25.7 Å². The molecule has 3 amide bonds. The van der Waals surface area contributed by atoms with Gasteiger partial charge in [0, 0.05) is 25.4 Å². The van der Waals surface area contributed by atoms with Gasteiger partial charge in [-0.3, -0.25) is 19.8 Å². The van der Waals surface area contributed by atoms with Crippen LogP contribution in [0.4, 0.5) is 0 Å². The third-order valence-electron chi connectivity index (χ3n) is 6.26. The molecule has 0 aromatic rings. The van der Waals surface area contributed by atoms with E-state index in [1.54, 1.807) is 39.0 Å². The van der Waals surface area contributed by atoms with E-state index in [9.17, 15) is 29.4 Å². The van der Waals surface area contributed by atoms with E-state index in [4.69, 9.17) is 10.9 Å². The molecule has 0 aliphatic rings. The SMILES string of the molecule is C=CC(=C)CC(NC(=O)C(NC(=O)C(CCC(C)=O)C(O)C(C)C(O)C=CC=CCCO)C(C)C)C(=O)NN. The fourth-order valence-electron chi connectivity index (χ4n) is 3.70. The number of hydrogen-bond donors (Lipinski definition) is 7. The first kappa shape index (κ1) is 35.9. The normalized spacial score (nSPS) is 16.2. The molecule has 0 spiro atoms. The highest BCUT2D eigenvalue weighted by atomic mass is 16.3. The van der Waals surface area contributed by atoms with E-state index >= 15 is 0 Å². The molecular formula is C28H46N4O7. The molecule has 0 bridgehead atoms. The van der Waals surface area contributed by atoms with Gasteiger partial charge in [0.25, 0.3) is 5.91 Å². The molecule has 0 aromatic heterocycles. The second-order valence-electron chi connectivity index (χ2n) is 9.88. The van der Waals surface area contributed by atoms with Crippen molar-refractivity contribution >= 4 is 23.5 Å². The molecule has 39 heavy (non-hydrogen) atoms. The lowest BCUT2D eigenvalue weighted by atomic mass is 9.84. The minimum atomic E-state index is -1.34. The third kappa shape index (κ3) is 13.5. The van der Waals surface area contributed by atoms with E-state index < -0.39 is 59.8 Å². The fraction of sp³-hybridized carbons (Fsp3) is 0.571. The summed E-state index contributed by atoms with van der Waals surface area (Å²) in [6, 6.07) is -2.13. The number of nitrogens with one attached hydrogen (secondary N) is 3. The van der Waals surface area contributed by atoms with Crippen LogP contribution in [0.15, 0.2) is 49.1 Å². The maximum atomic E-state index is 13.4. The summed E-state index contributed by atoms with van der Waals surface area (Å²) >= 11 is 0. The minimum Gasteiger partial charge on any atom is -0.396 e. The molecule has 0 radical (unpaired) electrons. The van der Waals surface area contributed by atoms with Gasteiger partial charge in [-0.25, -0.2) is 5.84 Å². The third-order valence-corrected chi connectivity index (χ3v) is 6.26. The molecule has 8 N–H and O–H groups in total. The lowest BCUT2D eigenvalue weighted by molar-refractivity contribution is -0.137. The van der Waals surface area contributed by atoms with Crippen LogP contribution in [0.2, 0.25) is 0 Å². The number of nitrogens with two attached hydrogens (primary N) is 1. The monoisotopic (exact) mass is 550 g/mol. The summed E-state index contributed by atoms with van der Waals surface area (Å²) in [6.45, 7) is 13.7. The quantitative estimate of drug-likeness (QED) is 0.0525. The van der Waals surface area contributed by atoms with Crippen LogP contribution >= 0.6 is 0 Å². The summed E-state index contributed by atoms with van der Waals surface area (Å²) in [4.78, 5) is 50.3. The number of ketones is 1. The highest BCUT2D eigenvalue weighted by molar-refractivity contribution is 5.92. The van der Waals surface area contributed by atoms with Gasteiger partial charge < -0.3 is 30.7 Å². The molecule has 11 heteroatoms. The standard InChI is InChI=1S/C28H46N4O7/c1-7-18(4)16-22(27(38)32-29)30-28(39)24(17(2)3)31-26(37)21(14-13-19(5)34)25(36)20(6)23(35)12-10-8-9-11-15-33/h7-10,12,17,20-25,33,35-36H,1,4,11,13-16,29H2,2-3,5-6H3,(H,30,39)(H,31,37)(H,32,38). The Bertz CT molecular complexity index is 900. The maximum Gasteiger partial charge on any atom is 0.256 e. The van der Waals surface area contributed by atoms with Gasteiger partial charge in [0.05, 0.1) is 18.1 Å². The zero-order valence-corrected chi connectivity index (χ0v) is 23.4. The molecule has 6 atom stereocenters. The zero-order valence-electron chi connectivity index (χ0n) is 23.4. The van der Waals surface area contributed by atoms with Crippen LogP contribution in [0.3, 0.4) is 0 Å². The average Bonchev–Trinajstić information content (AvgIpc) is 2.89. The Morgan fingerprint density at radius 1 is 1.00 bits per heavy atom. The molecule has 0 aliphatic heterocycles. The van der Waals surface area contributed by atoms with Crippen LogP contribution in [0.1, 0.15) is 53.4 Å². The topological polar surface area (TPSA) is 191 Å². The van der Waals surface area contributed by atoms with Gasteiger partial charge >= 0.3 is 0 Å². The molecule has 220 valence electrons. The number of carbonyl (C=O) groups is 4. The van der Waals surface area contributed by atoms with Crippen molar-refractivity contribution in [2.75, 3.05) is 6.61 Å². The van der Waals surface area contributed by atoms with Crippen LogP contribution in [-0.2, 0) is 19.2 Å². The summed E-state index contributed by atoms with van der Waals surface area (Å²) in [5.41, 5.74) is 2.48. The first-order valence-electron chi connectivity index (χ1n) is 13.0. The van der Waals surface area contributed by atoms with E-state index in [-0.39, 0.29) is 31.7 Å². The molecule has 0 saturated heterocycles. The van der Waals surface area contributed by atoms with E-state index in [2.05, 4.69) is 23.8 Å². The largest absolute Gasteiger partial charge is 0.396 e. The van der Waals surface area contributed by atoms with Crippen LogP contribution < -0.4 is 21.9 Å². The van der Waals surface area contributed by atoms with Gasteiger partial charge in [-0.2, -0.15) is 0 Å².